The van der Waals surface area contributed by atoms with Crippen LogP contribution in [0.2, 0.25) is 5.02 Å². The molecule has 6 nitrogen and oxygen atoms in total. The van der Waals surface area contributed by atoms with E-state index in [4.69, 9.17) is 11.6 Å². The fourth-order valence-corrected chi connectivity index (χ4v) is 6.50. The van der Waals surface area contributed by atoms with Crippen molar-refractivity contribution in [2.45, 2.75) is 55.9 Å². The van der Waals surface area contributed by atoms with Crippen molar-refractivity contribution >= 4 is 43.8 Å². The molecule has 2 aliphatic carbocycles. The maximum Gasteiger partial charge on any atom is 0.266 e. The number of anilines is 2. The number of hydrogen-bond donors (Lipinski definition) is 3. The van der Waals surface area contributed by atoms with Crippen molar-refractivity contribution < 1.29 is 12.8 Å². The summed E-state index contributed by atoms with van der Waals surface area (Å²) in [5.41, 5.74) is 1.00. The van der Waals surface area contributed by atoms with E-state index in [-0.39, 0.29) is 10.2 Å². The highest BCUT2D eigenvalue weighted by Gasteiger charge is 2.54. The molecule has 1 heterocycles. The van der Waals surface area contributed by atoms with Gasteiger partial charge in [-0.2, -0.15) is 0 Å². The maximum atomic E-state index is 14.5. The maximum absolute atomic E-state index is 14.5. The van der Waals surface area contributed by atoms with E-state index in [1.165, 1.54) is 38.3 Å². The number of sulfonamides is 1. The smallest absolute Gasteiger partial charge is 0.266 e. The highest BCUT2D eigenvalue weighted by atomic mass is 35.5. The molecule has 4 rings (SSSR count). The van der Waals surface area contributed by atoms with Gasteiger partial charge in [0, 0.05) is 24.2 Å². The molecule has 2 aliphatic rings. The van der Waals surface area contributed by atoms with Gasteiger partial charge in [0.2, 0.25) is 0 Å². The van der Waals surface area contributed by atoms with Crippen LogP contribution in [0.3, 0.4) is 0 Å². The molecule has 30 heavy (non-hydrogen) atoms. The number of halogens is 2. The van der Waals surface area contributed by atoms with E-state index in [0.717, 1.165) is 42.9 Å². The minimum Gasteiger partial charge on any atom is -0.384 e. The summed E-state index contributed by atoms with van der Waals surface area (Å²) in [6.07, 6.45) is 10.2. The average molecular weight is 473 g/mol. The third kappa shape index (κ3) is 4.90. The Morgan fingerprint density at radius 2 is 2.00 bits per heavy atom. The SMILES string of the molecule is O=S(=O)(Nc1nccs1)c1cc(Cl)c(NCCCCNC2CC23CCCC3)cc1F. The molecule has 1 unspecified atom stereocenters. The number of hydrogen-bond acceptors (Lipinski definition) is 6. The summed E-state index contributed by atoms with van der Waals surface area (Å²) in [6, 6.07) is 2.96. The Bertz CT molecular complexity index is 979. The van der Waals surface area contributed by atoms with E-state index in [1.54, 1.807) is 5.38 Å². The number of unbranched alkanes of at least 4 members (excludes halogenated alkanes) is 1. The van der Waals surface area contributed by atoms with Crippen molar-refractivity contribution in [2.75, 3.05) is 23.1 Å². The Balaban J connectivity index is 1.24. The van der Waals surface area contributed by atoms with Crippen LogP contribution in [0.25, 0.3) is 0 Å². The highest BCUT2D eigenvalue weighted by Crippen LogP contribution is 2.57. The lowest BCUT2D eigenvalue weighted by Crippen LogP contribution is -2.23. The van der Waals surface area contributed by atoms with Crippen LogP contribution in [0.1, 0.15) is 44.9 Å². The van der Waals surface area contributed by atoms with Gasteiger partial charge in [-0.1, -0.05) is 24.4 Å². The van der Waals surface area contributed by atoms with E-state index >= 15 is 0 Å². The molecule has 3 N–H and O–H groups in total. The first kappa shape index (κ1) is 21.8. The summed E-state index contributed by atoms with van der Waals surface area (Å²) in [6.45, 7) is 1.62. The van der Waals surface area contributed by atoms with Gasteiger partial charge in [-0.3, -0.25) is 4.72 Å². The molecule has 0 aliphatic heterocycles. The van der Waals surface area contributed by atoms with Gasteiger partial charge in [0.25, 0.3) is 10.0 Å². The van der Waals surface area contributed by atoms with Crippen molar-refractivity contribution in [3.05, 3.63) is 34.5 Å². The van der Waals surface area contributed by atoms with Crippen LogP contribution >= 0.6 is 22.9 Å². The molecule has 10 heteroatoms. The molecule has 1 spiro atoms. The van der Waals surface area contributed by atoms with Crippen LogP contribution in [-0.4, -0.2) is 32.5 Å². The van der Waals surface area contributed by atoms with Crippen LogP contribution in [0.5, 0.6) is 0 Å². The zero-order chi connectivity index (χ0) is 21.2. The van der Waals surface area contributed by atoms with Crippen molar-refractivity contribution in [2.24, 2.45) is 5.41 Å². The number of aromatic nitrogens is 1. The lowest BCUT2D eigenvalue weighted by Gasteiger charge is -2.12. The second-order valence-electron chi connectivity index (χ2n) is 8.12. The monoisotopic (exact) mass is 472 g/mol. The molecule has 2 fully saturated rings. The number of benzene rings is 1. The third-order valence-electron chi connectivity index (χ3n) is 6.06. The van der Waals surface area contributed by atoms with E-state index < -0.39 is 20.7 Å². The fourth-order valence-electron chi connectivity index (χ4n) is 4.33. The van der Waals surface area contributed by atoms with E-state index in [1.807, 2.05) is 0 Å². The van der Waals surface area contributed by atoms with Crippen molar-refractivity contribution in [3.63, 3.8) is 0 Å². The first-order chi connectivity index (χ1) is 14.4. The predicted molar refractivity (Wildman–Crippen MR) is 119 cm³/mol. The summed E-state index contributed by atoms with van der Waals surface area (Å²) < 4.78 is 41.5. The summed E-state index contributed by atoms with van der Waals surface area (Å²) >= 11 is 7.31. The third-order valence-corrected chi connectivity index (χ3v) is 8.55. The number of thiazole rings is 1. The first-order valence-corrected chi connectivity index (χ1v) is 13.0. The van der Waals surface area contributed by atoms with Gasteiger partial charge in [-0.25, -0.2) is 17.8 Å². The lowest BCUT2D eigenvalue weighted by atomic mass is 10.1. The molecule has 2 saturated carbocycles. The molecule has 0 bridgehead atoms. The molecule has 1 atom stereocenters. The second kappa shape index (κ2) is 8.98. The van der Waals surface area contributed by atoms with Crippen molar-refractivity contribution in [3.8, 4) is 0 Å². The fraction of sp³-hybridized carbons (Fsp3) is 0.550. The molecule has 1 aromatic heterocycles. The molecule has 0 saturated heterocycles. The van der Waals surface area contributed by atoms with E-state index in [9.17, 15) is 12.8 Å². The molecule has 2 aromatic rings. The normalized spacial score (nSPS) is 19.9. The summed E-state index contributed by atoms with van der Waals surface area (Å²) in [4.78, 5) is 3.35. The summed E-state index contributed by atoms with van der Waals surface area (Å²) in [7, 11) is -4.10. The molecule has 0 amide bonds. The van der Waals surface area contributed by atoms with Gasteiger partial charge in [0.1, 0.15) is 10.7 Å². The van der Waals surface area contributed by atoms with Crippen LogP contribution in [0.15, 0.2) is 28.6 Å². The van der Waals surface area contributed by atoms with Gasteiger partial charge in [-0.15, -0.1) is 11.3 Å². The molecule has 1 aromatic carbocycles. The average Bonchev–Trinajstić information content (AvgIpc) is 3.05. The Labute approximate surface area is 185 Å². The zero-order valence-corrected chi connectivity index (χ0v) is 19.0. The Morgan fingerprint density at radius 1 is 1.23 bits per heavy atom. The van der Waals surface area contributed by atoms with Gasteiger partial charge in [-0.05, 0) is 56.2 Å². The predicted octanol–water partition coefficient (Wildman–Crippen LogP) is 4.85. The largest absolute Gasteiger partial charge is 0.384 e. The molecular formula is C20H26ClFN4O2S2. The molecule has 164 valence electrons. The Morgan fingerprint density at radius 3 is 2.73 bits per heavy atom. The highest BCUT2D eigenvalue weighted by molar-refractivity contribution is 7.93. The Hall–Kier alpha value is -1.42. The van der Waals surface area contributed by atoms with Gasteiger partial charge >= 0.3 is 0 Å². The van der Waals surface area contributed by atoms with Gasteiger partial charge < -0.3 is 10.6 Å². The minimum absolute atomic E-state index is 0.162. The van der Waals surface area contributed by atoms with Crippen molar-refractivity contribution in [1.29, 1.82) is 0 Å². The topological polar surface area (TPSA) is 83.1 Å². The summed E-state index contributed by atoms with van der Waals surface area (Å²) in [5.74, 6) is -0.858. The first-order valence-electron chi connectivity index (χ1n) is 10.3. The lowest BCUT2D eigenvalue weighted by molar-refractivity contribution is 0.465. The molecular weight excluding hydrogens is 447 g/mol. The van der Waals surface area contributed by atoms with Gasteiger partial charge in [0.05, 0.1) is 10.7 Å². The number of rotatable bonds is 10. The van der Waals surface area contributed by atoms with Crippen molar-refractivity contribution in [1.82, 2.24) is 10.3 Å². The van der Waals surface area contributed by atoms with Crippen LogP contribution in [-0.2, 0) is 10.0 Å². The van der Waals surface area contributed by atoms with E-state index in [0.29, 0.717) is 23.7 Å². The second-order valence-corrected chi connectivity index (χ2v) is 11.1. The zero-order valence-electron chi connectivity index (χ0n) is 16.6. The number of nitrogens with zero attached hydrogens (tertiary/aromatic N) is 1. The standard InChI is InChI=1S/C20H26ClFN4O2S2/c21-14-11-17(30(27,28)26-19-25-9-10-29-19)15(22)12-16(14)23-7-3-4-8-24-18-13-20(18)5-1-2-6-20/h9-12,18,23-24H,1-8,13H2,(H,25,26). The number of nitrogens with one attached hydrogen (secondary N) is 3. The Kier molecular flexibility index (Phi) is 6.53. The molecule has 0 radical (unpaired) electrons. The quantitative estimate of drug-likeness (QED) is 0.430. The van der Waals surface area contributed by atoms with Gasteiger partial charge in [0.15, 0.2) is 5.13 Å². The van der Waals surface area contributed by atoms with Crippen LogP contribution in [0.4, 0.5) is 15.2 Å². The summed E-state index contributed by atoms with van der Waals surface area (Å²) in [5, 5.41) is 8.72. The van der Waals surface area contributed by atoms with Crippen LogP contribution < -0.4 is 15.4 Å². The minimum atomic E-state index is -4.10. The van der Waals surface area contributed by atoms with E-state index in [2.05, 4.69) is 20.3 Å². The van der Waals surface area contributed by atoms with Crippen LogP contribution in [0, 0.1) is 11.2 Å².